The predicted molar refractivity (Wildman–Crippen MR) is 300 cm³/mol. The number of rotatable bonds is 5. The highest BCUT2D eigenvalue weighted by atomic mass is 15.0. The molecule has 5 heteroatoms. The van der Waals surface area contributed by atoms with Crippen molar-refractivity contribution in [3.63, 3.8) is 0 Å². The molecule has 0 bridgehead atoms. The molecular weight excluding hydrogens is 860 g/mol. The summed E-state index contributed by atoms with van der Waals surface area (Å²) < 4.78 is 5.21. The van der Waals surface area contributed by atoms with E-state index < -0.39 is 0 Å². The molecule has 0 saturated heterocycles. The summed E-state index contributed by atoms with van der Waals surface area (Å²) in [5.41, 5.74) is 23.5. The summed E-state index contributed by atoms with van der Waals surface area (Å²) in [4.78, 5) is 11.0. The minimum Gasteiger partial charge on any atom is -0.310 e. The molecule has 0 atom stereocenters. The second-order valence-electron chi connectivity index (χ2n) is 21.8. The molecular formula is C66H51BN4. The zero-order valence-electron chi connectivity index (χ0n) is 40.9. The highest BCUT2D eigenvalue weighted by Gasteiger charge is 2.43. The van der Waals surface area contributed by atoms with Gasteiger partial charge >= 0.3 is 0 Å². The Morgan fingerprint density at radius 3 is 1.15 bits per heavy atom. The Morgan fingerprint density at radius 1 is 0.366 bits per heavy atom. The molecule has 14 rings (SSSR count). The van der Waals surface area contributed by atoms with Gasteiger partial charge in [-0.1, -0.05) is 199 Å². The number of nitrogens with zero attached hydrogens (tertiary/aromatic N) is 4. The molecule has 0 radical (unpaired) electrons. The van der Waals surface area contributed by atoms with Crippen molar-refractivity contribution < 1.29 is 0 Å². The Hall–Kier alpha value is -8.28. The summed E-state index contributed by atoms with van der Waals surface area (Å²) in [6.07, 6.45) is 0. The van der Waals surface area contributed by atoms with Crippen LogP contribution in [0.2, 0.25) is 0 Å². The van der Waals surface area contributed by atoms with Crippen LogP contribution in [-0.2, 0) is 10.8 Å². The van der Waals surface area contributed by atoms with E-state index in [0.29, 0.717) is 5.82 Å². The summed E-state index contributed by atoms with van der Waals surface area (Å²) in [5.74, 6) is 0.697. The van der Waals surface area contributed by atoms with E-state index in [2.05, 4.69) is 251 Å². The number of fused-ring (bicyclic) bond motifs is 10. The summed E-state index contributed by atoms with van der Waals surface area (Å²) in [6.45, 7) is 14.1. The Morgan fingerprint density at radius 2 is 0.761 bits per heavy atom. The Bertz CT molecular complexity index is 3890. The number of hydrogen-bond donors (Lipinski definition) is 0. The van der Waals surface area contributed by atoms with Gasteiger partial charge in [-0.25, -0.2) is 9.97 Å². The van der Waals surface area contributed by atoms with E-state index in [4.69, 9.17) is 9.97 Å². The second-order valence-corrected chi connectivity index (χ2v) is 21.8. The number of hydrogen-bond acceptors (Lipinski definition) is 2. The van der Waals surface area contributed by atoms with Crippen molar-refractivity contribution in [1.29, 1.82) is 0 Å². The molecule has 0 N–H and O–H groups in total. The zero-order chi connectivity index (χ0) is 47.9. The molecule has 0 saturated carbocycles. The van der Waals surface area contributed by atoms with Gasteiger partial charge in [0.1, 0.15) is 0 Å². The standard InChI is InChI=1S/C66H51BN4/c1-65(2,3)49-29-31-51-62-59(49)47-35-44(40-19-11-7-12-20-40)27-33-55(47)70(62)57-37-46(64-68-53(42-23-15-9-16-24-42)39-54(69-64)43-25-17-10-18-26-43)38-58-61(57)67(51)52-32-30-50(66(4,5)6)60-48-36-45(41-21-13-8-14-22-41)28-34-56(48)71(58)63(52)60/h7-39H,1-6H3. The van der Waals surface area contributed by atoms with Gasteiger partial charge in [-0.2, -0.15) is 0 Å². The van der Waals surface area contributed by atoms with Gasteiger partial charge in [-0.3, -0.25) is 0 Å². The first-order valence-corrected chi connectivity index (χ1v) is 25.0. The van der Waals surface area contributed by atoms with Crippen LogP contribution in [0.4, 0.5) is 0 Å². The third kappa shape index (κ3) is 6.25. The summed E-state index contributed by atoms with van der Waals surface area (Å²) in [7, 11) is 0. The lowest BCUT2D eigenvalue weighted by atomic mass is 9.34. The third-order valence-corrected chi connectivity index (χ3v) is 15.4. The van der Waals surface area contributed by atoms with Gasteiger partial charge in [-0.15, -0.1) is 0 Å². The van der Waals surface area contributed by atoms with Crippen molar-refractivity contribution in [1.82, 2.24) is 19.1 Å². The SMILES string of the molecule is CC(C)(C)c1ccc2c3c1c1cc(-c4ccccc4)ccc1n3-c1cc(-c3nc(-c4ccccc4)cc(-c4ccccc4)n3)cc3c1B2c1ccc(C(C)(C)C)c2c4cc(-c5ccccc5)ccc4n-3c12. The van der Waals surface area contributed by atoms with E-state index >= 15 is 0 Å². The molecule has 9 aromatic carbocycles. The van der Waals surface area contributed by atoms with Gasteiger partial charge in [0.2, 0.25) is 0 Å². The van der Waals surface area contributed by atoms with Crippen LogP contribution < -0.4 is 16.4 Å². The molecule has 3 aromatic heterocycles. The second kappa shape index (κ2) is 15.1. The molecule has 4 nitrogen and oxygen atoms in total. The zero-order valence-corrected chi connectivity index (χ0v) is 40.9. The van der Waals surface area contributed by atoms with Crippen LogP contribution in [0.3, 0.4) is 0 Å². The van der Waals surface area contributed by atoms with Crippen molar-refractivity contribution in [2.45, 2.75) is 52.4 Å². The molecule has 71 heavy (non-hydrogen) atoms. The van der Waals surface area contributed by atoms with Crippen molar-refractivity contribution >= 4 is 66.7 Å². The maximum atomic E-state index is 5.50. The van der Waals surface area contributed by atoms with E-state index in [1.165, 1.54) is 105 Å². The fraction of sp³-hybridized carbons (Fsp3) is 0.121. The van der Waals surface area contributed by atoms with Gasteiger partial charge in [0.25, 0.3) is 6.71 Å². The molecule has 12 aromatic rings. The molecule has 2 aliphatic heterocycles. The Kier molecular flexibility index (Phi) is 8.87. The molecule has 0 aliphatic carbocycles. The largest absolute Gasteiger partial charge is 0.310 e. The van der Waals surface area contributed by atoms with Crippen LogP contribution in [0.25, 0.3) is 111 Å². The minimum atomic E-state index is -0.121. The molecule has 2 aliphatic rings. The normalized spacial score (nSPS) is 12.9. The average molecular weight is 911 g/mol. The van der Waals surface area contributed by atoms with Crippen LogP contribution in [-0.4, -0.2) is 25.8 Å². The van der Waals surface area contributed by atoms with E-state index in [-0.39, 0.29) is 17.5 Å². The van der Waals surface area contributed by atoms with Gasteiger partial charge in [-0.05, 0) is 103 Å². The lowest BCUT2D eigenvalue weighted by Crippen LogP contribution is -2.59. The molecule has 0 amide bonds. The smallest absolute Gasteiger partial charge is 0.252 e. The lowest BCUT2D eigenvalue weighted by Gasteiger charge is -2.35. The van der Waals surface area contributed by atoms with E-state index in [1.807, 2.05) is 0 Å². The first-order chi connectivity index (χ1) is 34.5. The quantitative estimate of drug-likeness (QED) is 0.161. The number of aromatic nitrogens is 4. The van der Waals surface area contributed by atoms with E-state index in [1.54, 1.807) is 0 Å². The van der Waals surface area contributed by atoms with Crippen LogP contribution in [0.15, 0.2) is 200 Å². The predicted octanol–water partition coefficient (Wildman–Crippen LogP) is 14.7. The highest BCUT2D eigenvalue weighted by Crippen LogP contribution is 2.46. The maximum absolute atomic E-state index is 5.50. The van der Waals surface area contributed by atoms with Crippen LogP contribution in [0.5, 0.6) is 0 Å². The van der Waals surface area contributed by atoms with Crippen LogP contribution in [0, 0.1) is 0 Å². The van der Waals surface area contributed by atoms with Crippen LogP contribution >= 0.6 is 0 Å². The van der Waals surface area contributed by atoms with Gasteiger partial charge in [0.05, 0.1) is 22.4 Å². The summed E-state index contributed by atoms with van der Waals surface area (Å²) >= 11 is 0. The molecule has 0 spiro atoms. The summed E-state index contributed by atoms with van der Waals surface area (Å²) in [6, 6.07) is 73.8. The highest BCUT2D eigenvalue weighted by molar-refractivity contribution is 7.00. The molecule has 5 heterocycles. The first kappa shape index (κ1) is 41.7. The van der Waals surface area contributed by atoms with E-state index in [9.17, 15) is 0 Å². The van der Waals surface area contributed by atoms with Crippen molar-refractivity contribution in [2.24, 2.45) is 0 Å². The van der Waals surface area contributed by atoms with Gasteiger partial charge < -0.3 is 9.13 Å². The summed E-state index contributed by atoms with van der Waals surface area (Å²) in [5, 5.41) is 5.20. The average Bonchev–Trinajstić information content (AvgIpc) is 3.93. The fourth-order valence-corrected chi connectivity index (χ4v) is 12.2. The van der Waals surface area contributed by atoms with Crippen molar-refractivity contribution in [3.8, 4) is 67.5 Å². The van der Waals surface area contributed by atoms with Crippen LogP contribution in [0.1, 0.15) is 52.7 Å². The molecule has 338 valence electrons. The topological polar surface area (TPSA) is 35.6 Å². The van der Waals surface area contributed by atoms with Gasteiger partial charge in [0.15, 0.2) is 5.82 Å². The monoisotopic (exact) mass is 910 g/mol. The minimum absolute atomic E-state index is 0.0330. The molecule has 0 unspecified atom stereocenters. The Labute approximate surface area is 415 Å². The lowest BCUT2D eigenvalue weighted by molar-refractivity contribution is 0.596. The fourth-order valence-electron chi connectivity index (χ4n) is 12.2. The first-order valence-electron chi connectivity index (χ1n) is 25.0. The van der Waals surface area contributed by atoms with E-state index in [0.717, 1.165) is 28.1 Å². The van der Waals surface area contributed by atoms with Crippen molar-refractivity contribution in [3.05, 3.63) is 211 Å². The van der Waals surface area contributed by atoms with Gasteiger partial charge in [0, 0.05) is 60.6 Å². The maximum Gasteiger partial charge on any atom is 0.252 e. The Balaban J connectivity index is 1.16. The number of benzene rings is 9. The molecule has 0 fully saturated rings. The third-order valence-electron chi connectivity index (χ3n) is 15.4. The van der Waals surface area contributed by atoms with Crippen molar-refractivity contribution in [2.75, 3.05) is 0 Å².